The average molecular weight is 367 g/mol. The van der Waals surface area contributed by atoms with Gasteiger partial charge in [0.05, 0.1) is 5.69 Å². The van der Waals surface area contributed by atoms with Crippen LogP contribution in [0.3, 0.4) is 0 Å². The van der Waals surface area contributed by atoms with Crippen LogP contribution < -0.4 is 5.32 Å². The monoisotopic (exact) mass is 366 g/mol. The smallest absolute Gasteiger partial charge is 0.187 e. The van der Waals surface area contributed by atoms with E-state index in [2.05, 4.69) is 57.1 Å². The summed E-state index contributed by atoms with van der Waals surface area (Å²) in [6.45, 7) is 2.08. The Hall–Kier alpha value is -1.09. The molecule has 0 spiro atoms. The molecule has 0 unspecified atom stereocenters. The molecular weight excluding hydrogens is 352 g/mol. The number of rotatable bonds is 6. The Morgan fingerprint density at radius 3 is 2.64 bits per heavy atom. The number of nitrogens with one attached hydrogen (secondary N) is 1. The molecule has 0 saturated carbocycles. The second-order valence-corrected chi connectivity index (χ2v) is 8.57. The van der Waals surface area contributed by atoms with E-state index >= 15 is 0 Å². The summed E-state index contributed by atoms with van der Waals surface area (Å²) in [6, 6.07) is 8.31. The molecule has 114 valence electrons. The van der Waals surface area contributed by atoms with Gasteiger partial charge >= 0.3 is 0 Å². The van der Waals surface area contributed by atoms with Crippen molar-refractivity contribution in [1.29, 1.82) is 0 Å². The fourth-order valence-corrected chi connectivity index (χ4v) is 4.83. The van der Waals surface area contributed by atoms with Crippen LogP contribution in [0.25, 0.3) is 0 Å². The van der Waals surface area contributed by atoms with Crippen LogP contribution in [-0.2, 0) is 5.75 Å². The van der Waals surface area contributed by atoms with Gasteiger partial charge in [0.1, 0.15) is 0 Å². The molecule has 2 heterocycles. The Kier molecular flexibility index (Phi) is 5.35. The summed E-state index contributed by atoms with van der Waals surface area (Å²) in [5.41, 5.74) is 3.38. The zero-order valence-electron chi connectivity index (χ0n) is 12.1. The van der Waals surface area contributed by atoms with Crippen molar-refractivity contribution < 1.29 is 0 Å². The summed E-state index contributed by atoms with van der Waals surface area (Å²) in [4.78, 5) is 4.61. The Morgan fingerprint density at radius 2 is 1.91 bits per heavy atom. The molecule has 0 fully saturated rings. The Bertz CT molecular complexity index is 735. The molecular formula is C14H14N4S4. The molecule has 0 aliphatic rings. The predicted octanol–water partition coefficient (Wildman–Crippen LogP) is 5.06. The first-order valence-electron chi connectivity index (χ1n) is 6.51. The van der Waals surface area contributed by atoms with Crippen molar-refractivity contribution in [3.05, 3.63) is 40.9 Å². The van der Waals surface area contributed by atoms with Gasteiger partial charge in [0.25, 0.3) is 0 Å². The summed E-state index contributed by atoms with van der Waals surface area (Å²) in [5, 5.41) is 14.6. The molecule has 0 amide bonds. The van der Waals surface area contributed by atoms with Crippen LogP contribution >= 0.6 is 46.2 Å². The normalized spacial score (nSPS) is 10.8. The van der Waals surface area contributed by atoms with Crippen molar-refractivity contribution in [2.24, 2.45) is 0 Å². The summed E-state index contributed by atoms with van der Waals surface area (Å²) in [6.07, 6.45) is 2.01. The van der Waals surface area contributed by atoms with E-state index in [4.69, 9.17) is 0 Å². The quantitative estimate of drug-likeness (QED) is 0.615. The number of thioether (sulfide) groups is 2. The van der Waals surface area contributed by atoms with Gasteiger partial charge in [-0.2, -0.15) is 0 Å². The third kappa shape index (κ3) is 4.22. The van der Waals surface area contributed by atoms with Crippen LogP contribution in [0.4, 0.5) is 10.8 Å². The third-order valence-electron chi connectivity index (χ3n) is 2.76. The van der Waals surface area contributed by atoms with E-state index in [0.717, 1.165) is 30.9 Å². The molecule has 0 atom stereocenters. The molecule has 1 N–H and O–H groups in total. The number of anilines is 2. The number of aryl methyl sites for hydroxylation is 1. The lowest BCUT2D eigenvalue weighted by Gasteiger charge is -2.02. The van der Waals surface area contributed by atoms with Gasteiger partial charge in [-0.15, -0.1) is 21.5 Å². The van der Waals surface area contributed by atoms with Crippen molar-refractivity contribution in [2.45, 2.75) is 21.4 Å². The van der Waals surface area contributed by atoms with E-state index in [0.29, 0.717) is 0 Å². The van der Waals surface area contributed by atoms with Crippen LogP contribution in [0, 0.1) is 6.92 Å². The fourth-order valence-electron chi connectivity index (χ4n) is 1.66. The zero-order valence-corrected chi connectivity index (χ0v) is 15.3. The van der Waals surface area contributed by atoms with Crippen molar-refractivity contribution >= 4 is 57.0 Å². The molecule has 8 heteroatoms. The first-order valence-corrected chi connectivity index (χ1v) is 10.4. The van der Waals surface area contributed by atoms with Crippen LogP contribution in [-0.4, -0.2) is 21.4 Å². The summed E-state index contributed by atoms with van der Waals surface area (Å²) >= 11 is 6.55. The van der Waals surface area contributed by atoms with E-state index in [9.17, 15) is 0 Å². The second-order valence-electron chi connectivity index (χ2n) is 4.46. The number of benzene rings is 1. The minimum atomic E-state index is 0.815. The molecule has 3 aromatic rings. The highest BCUT2D eigenvalue weighted by atomic mass is 32.2. The highest BCUT2D eigenvalue weighted by Gasteiger charge is 2.07. The largest absolute Gasteiger partial charge is 0.332 e. The van der Waals surface area contributed by atoms with Crippen molar-refractivity contribution in [1.82, 2.24) is 15.2 Å². The highest BCUT2D eigenvalue weighted by Crippen LogP contribution is 2.30. The number of thiazole rings is 1. The van der Waals surface area contributed by atoms with E-state index < -0.39 is 0 Å². The molecule has 0 aliphatic carbocycles. The summed E-state index contributed by atoms with van der Waals surface area (Å²) < 4.78 is 1.99. The van der Waals surface area contributed by atoms with Gasteiger partial charge in [-0.25, -0.2) is 4.98 Å². The lowest BCUT2D eigenvalue weighted by Crippen LogP contribution is -1.90. The molecule has 3 rings (SSSR count). The lowest BCUT2D eigenvalue weighted by molar-refractivity contribution is 0.955. The molecule has 0 bridgehead atoms. The third-order valence-corrected chi connectivity index (χ3v) is 6.63. The Balaban J connectivity index is 1.57. The average Bonchev–Trinajstić information content (AvgIpc) is 3.16. The number of nitrogens with zero attached hydrogens (tertiary/aromatic N) is 3. The van der Waals surface area contributed by atoms with E-state index in [-0.39, 0.29) is 0 Å². The van der Waals surface area contributed by atoms with E-state index in [1.54, 1.807) is 46.2 Å². The SMILES string of the molecule is CSc1nnc(SCc2csc(Nc3ccc(C)cc3)n2)s1. The molecule has 2 aromatic heterocycles. The lowest BCUT2D eigenvalue weighted by atomic mass is 10.2. The van der Waals surface area contributed by atoms with Gasteiger partial charge in [0.15, 0.2) is 13.8 Å². The standard InChI is InChI=1S/C14H14N4S4/c1-9-3-5-10(6-4-9)15-12-16-11(7-20-12)8-21-14-18-17-13(19-2)22-14/h3-7H,8H2,1-2H3,(H,15,16). The van der Waals surface area contributed by atoms with Crippen LogP contribution in [0.1, 0.15) is 11.3 Å². The molecule has 22 heavy (non-hydrogen) atoms. The molecule has 0 saturated heterocycles. The van der Waals surface area contributed by atoms with Crippen molar-refractivity contribution in [3.63, 3.8) is 0 Å². The van der Waals surface area contributed by atoms with E-state index in [1.807, 2.05) is 6.26 Å². The van der Waals surface area contributed by atoms with Gasteiger partial charge in [0.2, 0.25) is 0 Å². The molecule has 0 aliphatic heterocycles. The van der Waals surface area contributed by atoms with Gasteiger partial charge in [0, 0.05) is 16.8 Å². The van der Waals surface area contributed by atoms with Crippen molar-refractivity contribution in [3.8, 4) is 0 Å². The Labute approximate surface area is 145 Å². The second kappa shape index (κ2) is 7.45. The molecule has 1 aromatic carbocycles. The van der Waals surface area contributed by atoms with Gasteiger partial charge in [-0.05, 0) is 25.3 Å². The highest BCUT2D eigenvalue weighted by molar-refractivity contribution is 8.02. The number of hydrogen-bond acceptors (Lipinski definition) is 8. The Morgan fingerprint density at radius 1 is 1.14 bits per heavy atom. The van der Waals surface area contributed by atoms with Crippen LogP contribution in [0.5, 0.6) is 0 Å². The molecule has 0 radical (unpaired) electrons. The first-order chi connectivity index (χ1) is 10.7. The summed E-state index contributed by atoms with van der Waals surface area (Å²) in [5.74, 6) is 0.815. The number of aromatic nitrogens is 3. The minimum absolute atomic E-state index is 0.815. The topological polar surface area (TPSA) is 50.7 Å². The maximum Gasteiger partial charge on any atom is 0.187 e. The van der Waals surface area contributed by atoms with Crippen molar-refractivity contribution in [2.75, 3.05) is 11.6 Å². The van der Waals surface area contributed by atoms with Crippen LogP contribution in [0.2, 0.25) is 0 Å². The van der Waals surface area contributed by atoms with Gasteiger partial charge in [-0.3, -0.25) is 0 Å². The first kappa shape index (κ1) is 15.8. The maximum absolute atomic E-state index is 4.61. The predicted molar refractivity (Wildman–Crippen MR) is 97.8 cm³/mol. The fraction of sp³-hybridized carbons (Fsp3) is 0.214. The zero-order chi connectivity index (χ0) is 15.4. The maximum atomic E-state index is 4.61. The molecule has 4 nitrogen and oxygen atoms in total. The van der Waals surface area contributed by atoms with Crippen LogP contribution in [0.15, 0.2) is 38.3 Å². The van der Waals surface area contributed by atoms with Gasteiger partial charge < -0.3 is 5.32 Å². The summed E-state index contributed by atoms with van der Waals surface area (Å²) in [7, 11) is 0. The van der Waals surface area contributed by atoms with Gasteiger partial charge in [-0.1, -0.05) is 52.6 Å². The number of hydrogen-bond donors (Lipinski definition) is 1. The van der Waals surface area contributed by atoms with E-state index in [1.165, 1.54) is 5.56 Å². The minimum Gasteiger partial charge on any atom is -0.332 e.